The molecule has 3 aliphatic carbocycles. The number of aromatic nitrogens is 3. The second-order valence-corrected chi connectivity index (χ2v) is 21.1. The van der Waals surface area contributed by atoms with Crippen molar-refractivity contribution in [3.8, 4) is 23.0 Å². The fourth-order valence-corrected chi connectivity index (χ4v) is 11.8. The van der Waals surface area contributed by atoms with Gasteiger partial charge in [0, 0.05) is 41.5 Å². The number of ether oxygens (including phenoxy) is 3. The van der Waals surface area contributed by atoms with E-state index in [2.05, 4.69) is 16.3 Å². The van der Waals surface area contributed by atoms with Crippen molar-refractivity contribution in [2.75, 3.05) is 13.7 Å². The molecule has 5 aromatic rings. The minimum Gasteiger partial charge on any atom is -0.491 e. The Hall–Kier alpha value is -5.68. The highest BCUT2D eigenvalue weighted by atomic mass is 32.2. The van der Waals surface area contributed by atoms with Crippen LogP contribution in [0.25, 0.3) is 33.5 Å². The van der Waals surface area contributed by atoms with Crippen molar-refractivity contribution in [1.82, 2.24) is 24.6 Å². The SMILES string of the molecule is C=C[C@@H]1C[C@]1(CC(=O)[C@@H]1C[C@@H](Oc2nc(-c3ccc(OC(C)C)cc3)nc3c2oc2ccccc23)CN1C(=O)[C@@H](Cc1nc(C(=O)OC)cs1)C1CCCCC1)C(=O)NS(=O)(=O)C1CC1. The lowest BCUT2D eigenvalue weighted by Gasteiger charge is -2.34. The number of nitrogens with one attached hydrogen (secondary N) is 1. The van der Waals surface area contributed by atoms with E-state index in [0.717, 1.165) is 37.5 Å². The number of para-hydroxylation sites is 1. The summed E-state index contributed by atoms with van der Waals surface area (Å²) in [5.74, 6) is -1.70. The maximum atomic E-state index is 15.3. The third kappa shape index (κ3) is 9.13. The highest BCUT2D eigenvalue weighted by molar-refractivity contribution is 7.90. The molecule has 1 saturated heterocycles. The summed E-state index contributed by atoms with van der Waals surface area (Å²) in [6.07, 6.45) is 6.67. The van der Waals surface area contributed by atoms with Gasteiger partial charge in [0.1, 0.15) is 23.0 Å². The van der Waals surface area contributed by atoms with Crippen LogP contribution in [0.5, 0.6) is 11.6 Å². The normalized spacial score (nSPS) is 22.8. The second kappa shape index (κ2) is 17.9. The summed E-state index contributed by atoms with van der Waals surface area (Å²) < 4.78 is 52.1. The summed E-state index contributed by atoms with van der Waals surface area (Å²) in [4.78, 5) is 72.4. The number of furan rings is 1. The first-order valence-corrected chi connectivity index (χ1v) is 24.9. The van der Waals surface area contributed by atoms with Crippen LogP contribution in [0.3, 0.4) is 0 Å². The summed E-state index contributed by atoms with van der Waals surface area (Å²) in [6.45, 7) is 7.81. The molecule has 17 heteroatoms. The van der Waals surface area contributed by atoms with E-state index in [9.17, 15) is 22.8 Å². The Morgan fingerprint density at radius 3 is 2.46 bits per heavy atom. The number of esters is 1. The van der Waals surface area contributed by atoms with Crippen LogP contribution < -0.4 is 14.2 Å². The van der Waals surface area contributed by atoms with Crippen LogP contribution in [-0.2, 0) is 35.6 Å². The Labute approximate surface area is 381 Å². The van der Waals surface area contributed by atoms with E-state index in [0.29, 0.717) is 51.7 Å². The topological polar surface area (TPSA) is 197 Å². The van der Waals surface area contributed by atoms with E-state index in [-0.39, 0.29) is 67.5 Å². The van der Waals surface area contributed by atoms with Crippen LogP contribution in [0.1, 0.15) is 93.6 Å². The summed E-state index contributed by atoms with van der Waals surface area (Å²) >= 11 is 1.28. The molecule has 3 aromatic heterocycles. The van der Waals surface area contributed by atoms with E-state index in [1.807, 2.05) is 62.4 Å². The standard InChI is InChI=1S/C48H53N5O10S2/c1-5-30-23-48(30,47(57)52-65(58,59)33-19-20-33)24-38(54)37-21-32(25-53(37)45(55)35(28-11-7-6-8-12-28)22-40-49-36(26-64-40)46(56)60-4)62-44-42-41(34-13-9-10-14-39(34)63-42)50-43(51-44)29-15-17-31(18-16-29)61-27(2)3/h5,9-10,13-18,26-28,30,32-33,35,37H,1,6-8,11-12,19-25H2,2-4H3,(H,52,57)/t30-,32-,35+,37+,48-/m1/s1. The van der Waals surface area contributed by atoms with Gasteiger partial charge in [-0.25, -0.2) is 23.2 Å². The minimum atomic E-state index is -3.89. The van der Waals surface area contributed by atoms with Gasteiger partial charge in [0.2, 0.25) is 27.4 Å². The monoisotopic (exact) mass is 923 g/mol. The highest BCUT2D eigenvalue weighted by Gasteiger charge is 2.61. The highest BCUT2D eigenvalue weighted by Crippen LogP contribution is 2.57. The number of hydrogen-bond acceptors (Lipinski definition) is 14. The lowest BCUT2D eigenvalue weighted by atomic mass is 9.77. The van der Waals surface area contributed by atoms with Gasteiger partial charge in [-0.1, -0.05) is 37.5 Å². The molecule has 3 saturated carbocycles. The number of methoxy groups -OCH3 is 1. The number of thiazole rings is 1. The minimum absolute atomic E-state index is 0.00676. The van der Waals surface area contributed by atoms with Gasteiger partial charge in [0.05, 0.1) is 41.5 Å². The van der Waals surface area contributed by atoms with E-state index >= 15 is 4.79 Å². The molecule has 0 radical (unpaired) electrons. The van der Waals surface area contributed by atoms with Crippen molar-refractivity contribution in [1.29, 1.82) is 0 Å². The average Bonchev–Trinajstić information content (AvgIpc) is 4.14. The van der Waals surface area contributed by atoms with Crippen LogP contribution >= 0.6 is 11.3 Å². The van der Waals surface area contributed by atoms with Crippen LogP contribution in [0.2, 0.25) is 0 Å². The van der Waals surface area contributed by atoms with Crippen molar-refractivity contribution in [2.45, 2.75) is 108 Å². The van der Waals surface area contributed by atoms with Gasteiger partial charge >= 0.3 is 5.97 Å². The molecule has 1 aliphatic heterocycles. The van der Waals surface area contributed by atoms with Crippen LogP contribution in [0.4, 0.5) is 0 Å². The number of benzene rings is 2. The number of fused-ring (bicyclic) bond motifs is 3. The largest absolute Gasteiger partial charge is 0.491 e. The first kappa shape index (κ1) is 44.5. The first-order chi connectivity index (χ1) is 31.3. The van der Waals surface area contributed by atoms with Crippen molar-refractivity contribution in [2.24, 2.45) is 23.2 Å². The molecule has 0 spiro atoms. The average molecular weight is 924 g/mol. The molecule has 0 unspecified atom stereocenters. The van der Waals surface area contributed by atoms with Gasteiger partial charge < -0.3 is 23.5 Å². The van der Waals surface area contributed by atoms with Crippen molar-refractivity contribution in [3.05, 3.63) is 77.3 Å². The predicted octanol–water partition coefficient (Wildman–Crippen LogP) is 7.62. The summed E-state index contributed by atoms with van der Waals surface area (Å²) in [6, 6.07) is 13.9. The molecule has 342 valence electrons. The van der Waals surface area contributed by atoms with E-state index in [4.69, 9.17) is 28.6 Å². The number of ketones is 1. The Bertz CT molecular complexity index is 2760. The molecule has 4 fully saturated rings. The molecular formula is C48H53N5O10S2. The summed E-state index contributed by atoms with van der Waals surface area (Å²) in [7, 11) is -2.60. The number of carbonyl (C=O) groups excluding carboxylic acids is 4. The predicted molar refractivity (Wildman–Crippen MR) is 243 cm³/mol. The van der Waals surface area contributed by atoms with Gasteiger partial charge in [0.15, 0.2) is 17.3 Å². The molecule has 1 N–H and O–H groups in total. The van der Waals surface area contributed by atoms with E-state index in [1.54, 1.807) is 16.4 Å². The lowest BCUT2D eigenvalue weighted by molar-refractivity contribution is -0.143. The Balaban J connectivity index is 1.07. The zero-order valence-electron chi connectivity index (χ0n) is 36.7. The Morgan fingerprint density at radius 1 is 1.02 bits per heavy atom. The second-order valence-electron chi connectivity index (χ2n) is 18.1. The molecule has 9 rings (SSSR count). The molecule has 65 heavy (non-hydrogen) atoms. The number of Topliss-reactive ketones (excluding diaryl/α,β-unsaturated/α-hetero) is 1. The lowest BCUT2D eigenvalue weighted by Crippen LogP contribution is -2.48. The van der Waals surface area contributed by atoms with E-state index in [1.165, 1.54) is 18.4 Å². The van der Waals surface area contributed by atoms with Gasteiger partial charge in [-0.05, 0) is 94.2 Å². The Morgan fingerprint density at radius 2 is 1.77 bits per heavy atom. The van der Waals surface area contributed by atoms with Crippen LogP contribution in [-0.4, -0.2) is 89.0 Å². The van der Waals surface area contributed by atoms with Crippen LogP contribution in [0.15, 0.2) is 71.0 Å². The zero-order valence-corrected chi connectivity index (χ0v) is 38.3. The zero-order chi connectivity index (χ0) is 45.6. The fourth-order valence-electron chi connectivity index (χ4n) is 9.62. The van der Waals surface area contributed by atoms with Crippen molar-refractivity contribution >= 4 is 67.0 Å². The third-order valence-electron chi connectivity index (χ3n) is 13.3. The van der Waals surface area contributed by atoms with Gasteiger partial charge in [0.25, 0.3) is 5.88 Å². The van der Waals surface area contributed by atoms with E-state index < -0.39 is 56.5 Å². The molecule has 2 amide bonds. The van der Waals surface area contributed by atoms with Gasteiger partial charge in [-0.15, -0.1) is 17.9 Å². The van der Waals surface area contributed by atoms with Crippen LogP contribution in [0, 0.1) is 23.2 Å². The quantitative estimate of drug-likeness (QED) is 0.0707. The number of carbonyl (C=O) groups is 4. The fraction of sp³-hybridized carbons (Fsp3) is 0.479. The molecule has 4 heterocycles. The molecule has 2 aromatic carbocycles. The number of likely N-dealkylation sites (tertiary alicyclic amines) is 1. The number of nitrogens with zero attached hydrogens (tertiary/aromatic N) is 4. The number of hydrogen-bond donors (Lipinski definition) is 1. The van der Waals surface area contributed by atoms with Gasteiger partial charge in [-0.2, -0.15) is 4.98 Å². The Kier molecular flexibility index (Phi) is 12.3. The third-order valence-corrected chi connectivity index (χ3v) is 16.0. The maximum Gasteiger partial charge on any atom is 0.357 e. The summed E-state index contributed by atoms with van der Waals surface area (Å²) in [5.41, 5.74) is 0.978. The van der Waals surface area contributed by atoms with Gasteiger partial charge in [-0.3, -0.25) is 19.1 Å². The van der Waals surface area contributed by atoms with Crippen molar-refractivity contribution < 1.29 is 46.2 Å². The molecule has 15 nitrogen and oxygen atoms in total. The molecule has 4 aliphatic rings. The molecule has 5 atom stereocenters. The number of amides is 2. The maximum absolute atomic E-state index is 15.3. The number of rotatable bonds is 17. The molecule has 0 bridgehead atoms. The number of sulfonamides is 1. The molecular weight excluding hydrogens is 871 g/mol. The van der Waals surface area contributed by atoms with Crippen molar-refractivity contribution in [3.63, 3.8) is 0 Å². The summed E-state index contributed by atoms with van der Waals surface area (Å²) in [5, 5.41) is 2.36. The first-order valence-electron chi connectivity index (χ1n) is 22.4. The number of allylic oxidation sites excluding steroid dienone is 1. The smallest absolute Gasteiger partial charge is 0.357 e.